The predicted molar refractivity (Wildman–Crippen MR) is 98.4 cm³/mol. The summed E-state index contributed by atoms with van der Waals surface area (Å²) in [6.45, 7) is 0.736. The second-order valence-electron chi connectivity index (χ2n) is 6.61. The number of likely N-dealkylation sites (tertiary alicyclic amines) is 1. The second kappa shape index (κ2) is 8.07. The minimum atomic E-state index is -0.136. The molecule has 3 aromatic heterocycles. The van der Waals surface area contributed by atoms with E-state index >= 15 is 0 Å². The number of pyridine rings is 2. The first-order valence-corrected chi connectivity index (χ1v) is 9.24. The quantitative estimate of drug-likeness (QED) is 0.668. The highest BCUT2D eigenvalue weighted by Gasteiger charge is 2.33. The number of carbonyl (C=O) groups is 1. The van der Waals surface area contributed by atoms with Gasteiger partial charge in [0.1, 0.15) is 11.7 Å². The molecule has 3 aromatic rings. The number of aromatic nitrogens is 4. The summed E-state index contributed by atoms with van der Waals surface area (Å²) in [5.41, 5.74) is 1.84. The van der Waals surface area contributed by atoms with Gasteiger partial charge in [-0.3, -0.25) is 14.8 Å². The van der Waals surface area contributed by atoms with Gasteiger partial charge in [-0.2, -0.15) is 0 Å². The molecule has 0 N–H and O–H groups in total. The Kier molecular flexibility index (Phi) is 5.18. The van der Waals surface area contributed by atoms with Crippen molar-refractivity contribution in [1.29, 1.82) is 0 Å². The fourth-order valence-corrected chi connectivity index (χ4v) is 3.42. The monoisotopic (exact) mass is 363 g/mol. The highest BCUT2D eigenvalue weighted by atomic mass is 16.4. The van der Waals surface area contributed by atoms with Gasteiger partial charge in [-0.05, 0) is 55.5 Å². The smallest absolute Gasteiger partial charge is 0.266 e. The summed E-state index contributed by atoms with van der Waals surface area (Å²) in [6, 6.07) is 9.38. The summed E-state index contributed by atoms with van der Waals surface area (Å²) in [5, 5.41) is 8.28. The van der Waals surface area contributed by atoms with Crippen molar-refractivity contribution in [3.05, 3.63) is 60.4 Å². The third-order valence-corrected chi connectivity index (χ3v) is 4.79. The molecule has 0 radical (unpaired) electrons. The topological polar surface area (TPSA) is 85.0 Å². The van der Waals surface area contributed by atoms with E-state index in [1.807, 2.05) is 35.2 Å². The first-order valence-electron chi connectivity index (χ1n) is 9.24. The van der Waals surface area contributed by atoms with Gasteiger partial charge >= 0.3 is 0 Å². The van der Waals surface area contributed by atoms with Crippen LogP contribution >= 0.6 is 0 Å². The van der Waals surface area contributed by atoms with Crippen LogP contribution in [0, 0.1) is 0 Å². The third-order valence-electron chi connectivity index (χ3n) is 4.79. The average molecular weight is 363 g/mol. The minimum absolute atomic E-state index is 0.136. The molecule has 0 unspecified atom stereocenters. The van der Waals surface area contributed by atoms with Gasteiger partial charge < -0.3 is 9.32 Å². The van der Waals surface area contributed by atoms with Crippen LogP contribution in [0.1, 0.15) is 43.2 Å². The normalized spacial score (nSPS) is 16.6. The summed E-state index contributed by atoms with van der Waals surface area (Å²) in [5.74, 6) is 1.03. The van der Waals surface area contributed by atoms with Crippen molar-refractivity contribution in [1.82, 2.24) is 25.1 Å². The molecule has 1 fully saturated rings. The van der Waals surface area contributed by atoms with Crippen LogP contribution < -0.4 is 0 Å². The van der Waals surface area contributed by atoms with Crippen LogP contribution in [-0.2, 0) is 11.2 Å². The van der Waals surface area contributed by atoms with Gasteiger partial charge in [-0.25, -0.2) is 0 Å². The SMILES string of the molecule is O=C(CCCc1ccncc1)N1CCC[C@H]1c1nnc(-c2ccccn2)o1. The highest BCUT2D eigenvalue weighted by molar-refractivity contribution is 5.76. The number of hydrogen-bond donors (Lipinski definition) is 0. The van der Waals surface area contributed by atoms with Crippen LogP contribution in [0.25, 0.3) is 11.6 Å². The molecule has 0 aromatic carbocycles. The number of hydrogen-bond acceptors (Lipinski definition) is 6. The van der Waals surface area contributed by atoms with Crippen molar-refractivity contribution in [2.45, 2.75) is 38.1 Å². The Hall–Kier alpha value is -3.09. The molecule has 138 valence electrons. The third kappa shape index (κ3) is 4.02. The number of carbonyl (C=O) groups excluding carboxylic acids is 1. The summed E-state index contributed by atoms with van der Waals surface area (Å²) in [6.07, 6.45) is 9.24. The van der Waals surface area contributed by atoms with Crippen molar-refractivity contribution in [2.24, 2.45) is 0 Å². The van der Waals surface area contributed by atoms with Gasteiger partial charge in [0, 0.05) is 31.6 Å². The van der Waals surface area contributed by atoms with Crippen LogP contribution in [-0.4, -0.2) is 37.5 Å². The minimum Gasteiger partial charge on any atom is -0.417 e. The zero-order chi connectivity index (χ0) is 18.5. The summed E-state index contributed by atoms with van der Waals surface area (Å²) in [4.78, 5) is 22.8. The molecule has 27 heavy (non-hydrogen) atoms. The maximum atomic E-state index is 12.7. The second-order valence-corrected chi connectivity index (χ2v) is 6.61. The molecule has 1 amide bonds. The van der Waals surface area contributed by atoms with Crippen molar-refractivity contribution >= 4 is 5.91 Å². The standard InChI is InChI=1S/C20H21N5O2/c26-18(8-3-5-15-9-12-21-13-10-15)25-14-4-7-17(25)20-24-23-19(27-20)16-6-1-2-11-22-16/h1-2,6,9-13,17H,3-5,7-8,14H2/t17-/m0/s1. The lowest BCUT2D eigenvalue weighted by Gasteiger charge is -2.22. The highest BCUT2D eigenvalue weighted by Crippen LogP contribution is 2.33. The Morgan fingerprint density at radius 3 is 2.85 bits per heavy atom. The van der Waals surface area contributed by atoms with E-state index in [2.05, 4.69) is 20.2 Å². The van der Waals surface area contributed by atoms with E-state index in [-0.39, 0.29) is 11.9 Å². The Balaban J connectivity index is 1.38. The van der Waals surface area contributed by atoms with E-state index in [9.17, 15) is 4.79 Å². The number of nitrogens with zero attached hydrogens (tertiary/aromatic N) is 5. The van der Waals surface area contributed by atoms with E-state index in [4.69, 9.17) is 4.42 Å². The average Bonchev–Trinajstić information content (AvgIpc) is 3.39. The van der Waals surface area contributed by atoms with Crippen LogP contribution in [0.2, 0.25) is 0 Å². The van der Waals surface area contributed by atoms with E-state index < -0.39 is 0 Å². The van der Waals surface area contributed by atoms with Crippen molar-refractivity contribution < 1.29 is 9.21 Å². The van der Waals surface area contributed by atoms with E-state index in [0.29, 0.717) is 23.9 Å². The zero-order valence-corrected chi connectivity index (χ0v) is 15.0. The molecule has 4 heterocycles. The fraction of sp³-hybridized carbons (Fsp3) is 0.350. The largest absolute Gasteiger partial charge is 0.417 e. The Morgan fingerprint density at radius 1 is 1.15 bits per heavy atom. The van der Waals surface area contributed by atoms with Gasteiger partial charge in [-0.1, -0.05) is 6.07 Å². The lowest BCUT2D eigenvalue weighted by molar-refractivity contribution is -0.132. The van der Waals surface area contributed by atoms with Crippen LogP contribution in [0.15, 0.2) is 53.3 Å². The first kappa shape index (κ1) is 17.3. The summed E-state index contributed by atoms with van der Waals surface area (Å²) < 4.78 is 5.82. The summed E-state index contributed by atoms with van der Waals surface area (Å²) in [7, 11) is 0. The van der Waals surface area contributed by atoms with Crippen molar-refractivity contribution in [3.8, 4) is 11.6 Å². The van der Waals surface area contributed by atoms with Crippen molar-refractivity contribution in [3.63, 3.8) is 0 Å². The van der Waals surface area contributed by atoms with Gasteiger partial charge in [0.25, 0.3) is 5.89 Å². The van der Waals surface area contributed by atoms with Gasteiger partial charge in [0.15, 0.2) is 0 Å². The van der Waals surface area contributed by atoms with Gasteiger partial charge in [-0.15, -0.1) is 10.2 Å². The van der Waals surface area contributed by atoms with E-state index in [0.717, 1.165) is 32.2 Å². The molecule has 4 rings (SSSR count). The van der Waals surface area contributed by atoms with Crippen LogP contribution in [0.5, 0.6) is 0 Å². The number of amides is 1. The van der Waals surface area contributed by atoms with E-state index in [1.165, 1.54) is 5.56 Å². The van der Waals surface area contributed by atoms with Gasteiger partial charge in [0.05, 0.1) is 0 Å². The Morgan fingerprint density at radius 2 is 2.04 bits per heavy atom. The predicted octanol–water partition coefficient (Wildman–Crippen LogP) is 3.21. The summed E-state index contributed by atoms with van der Waals surface area (Å²) >= 11 is 0. The maximum Gasteiger partial charge on any atom is 0.266 e. The van der Waals surface area contributed by atoms with Crippen molar-refractivity contribution in [2.75, 3.05) is 6.54 Å². The van der Waals surface area contributed by atoms with Gasteiger partial charge in [0.2, 0.25) is 11.8 Å². The molecule has 0 saturated carbocycles. The molecule has 1 aliphatic heterocycles. The van der Waals surface area contributed by atoms with Crippen LogP contribution in [0.4, 0.5) is 0 Å². The van der Waals surface area contributed by atoms with Crippen LogP contribution in [0.3, 0.4) is 0 Å². The molecule has 0 spiro atoms. The van der Waals surface area contributed by atoms with E-state index in [1.54, 1.807) is 18.6 Å². The molecule has 0 aliphatic carbocycles. The number of aryl methyl sites for hydroxylation is 1. The molecule has 7 nitrogen and oxygen atoms in total. The number of rotatable bonds is 6. The molecule has 1 saturated heterocycles. The molecule has 1 atom stereocenters. The Bertz CT molecular complexity index is 882. The Labute approximate surface area is 157 Å². The molecule has 1 aliphatic rings. The molecule has 7 heteroatoms. The lowest BCUT2D eigenvalue weighted by Crippen LogP contribution is -2.30. The molecule has 0 bridgehead atoms. The lowest BCUT2D eigenvalue weighted by atomic mass is 10.1. The zero-order valence-electron chi connectivity index (χ0n) is 15.0. The molecular formula is C20H21N5O2. The maximum absolute atomic E-state index is 12.7. The molecular weight excluding hydrogens is 342 g/mol. The fourth-order valence-electron chi connectivity index (χ4n) is 3.42. The first-order chi connectivity index (χ1) is 13.3.